The molecular formula is C11H10N2OS. The lowest BCUT2D eigenvalue weighted by Crippen LogP contribution is -2.03. The van der Waals surface area contributed by atoms with E-state index in [1.54, 1.807) is 17.9 Å². The van der Waals surface area contributed by atoms with Gasteiger partial charge in [-0.15, -0.1) is 11.3 Å². The van der Waals surface area contributed by atoms with Crippen molar-refractivity contribution in [1.29, 1.82) is 0 Å². The van der Waals surface area contributed by atoms with Crippen LogP contribution in [0.2, 0.25) is 0 Å². The number of thiazole rings is 1. The third-order valence-corrected chi connectivity index (χ3v) is 3.06. The highest BCUT2D eigenvalue weighted by molar-refractivity contribution is 7.11. The molecule has 0 saturated carbocycles. The summed E-state index contributed by atoms with van der Waals surface area (Å²) in [6, 6.07) is 3.74. The molecule has 4 heteroatoms. The minimum absolute atomic E-state index is 0.114. The van der Waals surface area contributed by atoms with Gasteiger partial charge in [-0.1, -0.05) is 6.07 Å². The second-order valence-corrected chi connectivity index (χ2v) is 4.08. The fraction of sp³-hybridized carbons (Fsp3) is 0.182. The minimum Gasteiger partial charge on any atom is -0.293 e. The minimum atomic E-state index is 0.114. The summed E-state index contributed by atoms with van der Waals surface area (Å²) in [6.45, 7) is 1.85. The molecule has 0 saturated heterocycles. The van der Waals surface area contributed by atoms with Crippen LogP contribution in [0.5, 0.6) is 0 Å². The van der Waals surface area contributed by atoms with Gasteiger partial charge >= 0.3 is 0 Å². The Bertz CT molecular complexity index is 464. The lowest BCUT2D eigenvalue weighted by Gasteiger charge is -1.98. The van der Waals surface area contributed by atoms with E-state index in [9.17, 15) is 4.79 Å². The first kappa shape index (κ1) is 9.98. The van der Waals surface area contributed by atoms with Crippen molar-refractivity contribution in [3.05, 3.63) is 46.2 Å². The summed E-state index contributed by atoms with van der Waals surface area (Å²) in [5, 5.41) is 0. The predicted octanol–water partition coefficient (Wildman–Crippen LogP) is 2.27. The van der Waals surface area contributed by atoms with Gasteiger partial charge in [-0.3, -0.25) is 9.78 Å². The first-order chi connectivity index (χ1) is 7.27. The lowest BCUT2D eigenvalue weighted by atomic mass is 10.1. The highest BCUT2D eigenvalue weighted by Gasteiger charge is 2.11. The van der Waals surface area contributed by atoms with Gasteiger partial charge in [0.25, 0.3) is 0 Å². The quantitative estimate of drug-likeness (QED) is 0.742. The Morgan fingerprint density at radius 1 is 1.53 bits per heavy atom. The maximum atomic E-state index is 11.8. The topological polar surface area (TPSA) is 42.9 Å². The smallest absolute Gasteiger partial charge is 0.179 e. The Hall–Kier alpha value is -1.55. The van der Waals surface area contributed by atoms with Crippen molar-refractivity contribution >= 4 is 17.1 Å². The van der Waals surface area contributed by atoms with Crippen LogP contribution in [0.25, 0.3) is 0 Å². The molecule has 0 radical (unpaired) electrons. The molecule has 0 N–H and O–H groups in total. The van der Waals surface area contributed by atoms with Crippen molar-refractivity contribution in [2.45, 2.75) is 13.3 Å². The fourth-order valence-electron chi connectivity index (χ4n) is 1.34. The number of carbonyl (C=O) groups is 1. The number of nitrogens with zero attached hydrogens (tertiary/aromatic N) is 2. The summed E-state index contributed by atoms with van der Waals surface area (Å²) in [6.07, 6.45) is 3.82. The van der Waals surface area contributed by atoms with Crippen molar-refractivity contribution in [3.63, 3.8) is 0 Å². The Balaban J connectivity index is 2.15. The van der Waals surface area contributed by atoms with Gasteiger partial charge in [-0.25, -0.2) is 4.98 Å². The van der Waals surface area contributed by atoms with Crippen molar-refractivity contribution in [2.24, 2.45) is 0 Å². The molecule has 2 aromatic rings. The van der Waals surface area contributed by atoms with Crippen LogP contribution in [-0.2, 0) is 6.42 Å². The third-order valence-electron chi connectivity index (χ3n) is 2.09. The van der Waals surface area contributed by atoms with Gasteiger partial charge in [-0.2, -0.15) is 0 Å². The second kappa shape index (κ2) is 4.31. The average Bonchev–Trinajstić information content (AvgIpc) is 2.66. The van der Waals surface area contributed by atoms with E-state index in [0.717, 1.165) is 16.1 Å². The van der Waals surface area contributed by atoms with E-state index in [-0.39, 0.29) is 5.78 Å². The van der Waals surface area contributed by atoms with E-state index >= 15 is 0 Å². The third kappa shape index (κ3) is 2.27. The Morgan fingerprint density at radius 2 is 2.40 bits per heavy atom. The van der Waals surface area contributed by atoms with Crippen molar-refractivity contribution in [1.82, 2.24) is 9.97 Å². The van der Waals surface area contributed by atoms with Gasteiger partial charge in [0.15, 0.2) is 5.78 Å². The van der Waals surface area contributed by atoms with E-state index < -0.39 is 0 Å². The lowest BCUT2D eigenvalue weighted by molar-refractivity contribution is 0.0996. The number of pyridine rings is 1. The van der Waals surface area contributed by atoms with Crippen LogP contribution in [0.4, 0.5) is 0 Å². The summed E-state index contributed by atoms with van der Waals surface area (Å²) in [4.78, 5) is 20.6. The van der Waals surface area contributed by atoms with Crippen LogP contribution in [-0.4, -0.2) is 15.8 Å². The second-order valence-electron chi connectivity index (χ2n) is 3.23. The molecule has 15 heavy (non-hydrogen) atoms. The van der Waals surface area contributed by atoms with E-state index in [1.807, 2.05) is 19.1 Å². The normalized spacial score (nSPS) is 10.2. The van der Waals surface area contributed by atoms with E-state index in [4.69, 9.17) is 0 Å². The van der Waals surface area contributed by atoms with Gasteiger partial charge in [0.05, 0.1) is 16.1 Å². The number of hydrogen-bond donors (Lipinski definition) is 0. The number of aryl methyl sites for hydroxylation is 1. The van der Waals surface area contributed by atoms with Gasteiger partial charge in [0, 0.05) is 18.8 Å². The zero-order valence-corrected chi connectivity index (χ0v) is 9.12. The molecule has 3 nitrogen and oxygen atoms in total. The van der Waals surface area contributed by atoms with Crippen LogP contribution < -0.4 is 0 Å². The SMILES string of the molecule is Cc1ncsc1C(=O)Cc1cccnc1. The van der Waals surface area contributed by atoms with Crippen LogP contribution in [0.3, 0.4) is 0 Å². The van der Waals surface area contributed by atoms with Crippen molar-refractivity contribution < 1.29 is 4.79 Å². The van der Waals surface area contributed by atoms with Crippen LogP contribution in [0, 0.1) is 6.92 Å². The summed E-state index contributed by atoms with van der Waals surface area (Å²) in [5.41, 5.74) is 3.45. The molecular weight excluding hydrogens is 208 g/mol. The van der Waals surface area contributed by atoms with E-state index in [2.05, 4.69) is 9.97 Å². The molecule has 0 aliphatic rings. The maximum absolute atomic E-state index is 11.8. The molecule has 0 bridgehead atoms. The van der Waals surface area contributed by atoms with Crippen LogP contribution >= 0.6 is 11.3 Å². The number of ketones is 1. The van der Waals surface area contributed by atoms with Crippen LogP contribution in [0.15, 0.2) is 30.0 Å². The van der Waals surface area contributed by atoms with Crippen molar-refractivity contribution in [3.8, 4) is 0 Å². The maximum Gasteiger partial charge on any atom is 0.179 e. The van der Waals surface area contributed by atoms with Gasteiger partial charge in [0.1, 0.15) is 0 Å². The molecule has 0 atom stereocenters. The fourth-order valence-corrected chi connectivity index (χ4v) is 2.08. The summed E-state index contributed by atoms with van der Waals surface area (Å²) in [5.74, 6) is 0.114. The first-order valence-corrected chi connectivity index (χ1v) is 5.47. The molecule has 0 aliphatic heterocycles. The molecule has 0 aromatic carbocycles. The van der Waals surface area contributed by atoms with Crippen LogP contribution in [0.1, 0.15) is 20.9 Å². The van der Waals surface area contributed by atoms with Gasteiger partial charge in [-0.05, 0) is 18.6 Å². The Labute approximate surface area is 91.8 Å². The van der Waals surface area contributed by atoms with E-state index in [0.29, 0.717) is 6.42 Å². The molecule has 0 aliphatic carbocycles. The molecule has 2 aromatic heterocycles. The largest absolute Gasteiger partial charge is 0.293 e. The van der Waals surface area contributed by atoms with E-state index in [1.165, 1.54) is 11.3 Å². The first-order valence-electron chi connectivity index (χ1n) is 4.59. The highest BCUT2D eigenvalue weighted by Crippen LogP contribution is 2.15. The van der Waals surface area contributed by atoms with Gasteiger partial charge in [0.2, 0.25) is 0 Å². The molecule has 0 fully saturated rings. The summed E-state index contributed by atoms with van der Waals surface area (Å²) >= 11 is 1.40. The average molecular weight is 218 g/mol. The number of rotatable bonds is 3. The predicted molar refractivity (Wildman–Crippen MR) is 59.1 cm³/mol. The number of Topliss-reactive ketones (excluding diaryl/α,β-unsaturated/α-hetero) is 1. The molecule has 0 spiro atoms. The molecule has 0 unspecified atom stereocenters. The molecule has 0 amide bonds. The monoisotopic (exact) mass is 218 g/mol. The molecule has 2 heterocycles. The zero-order chi connectivity index (χ0) is 10.7. The summed E-state index contributed by atoms with van der Waals surface area (Å²) < 4.78 is 0. The van der Waals surface area contributed by atoms with Crippen molar-refractivity contribution in [2.75, 3.05) is 0 Å². The highest BCUT2D eigenvalue weighted by atomic mass is 32.1. The van der Waals surface area contributed by atoms with Gasteiger partial charge < -0.3 is 0 Å². The Kier molecular flexibility index (Phi) is 2.87. The Morgan fingerprint density at radius 3 is 3.00 bits per heavy atom. The summed E-state index contributed by atoms with van der Waals surface area (Å²) in [7, 11) is 0. The number of carbonyl (C=O) groups excluding carboxylic acids is 1. The molecule has 76 valence electrons. The number of hydrogen-bond acceptors (Lipinski definition) is 4. The zero-order valence-electron chi connectivity index (χ0n) is 8.30. The number of aromatic nitrogens is 2. The standard InChI is InChI=1S/C11H10N2OS/c1-8-11(15-7-13-8)10(14)5-9-3-2-4-12-6-9/h2-4,6-7H,5H2,1H3. The molecule has 2 rings (SSSR count).